The number of alkyl halides is 3. The van der Waals surface area contributed by atoms with Crippen molar-refractivity contribution in [2.24, 2.45) is 0 Å². The predicted octanol–water partition coefficient (Wildman–Crippen LogP) is 4.75. The Hall–Kier alpha value is -1.21. The van der Waals surface area contributed by atoms with E-state index in [4.69, 9.17) is 5.73 Å². The molecule has 1 aromatic carbocycles. The molecule has 0 saturated carbocycles. The van der Waals surface area contributed by atoms with E-state index >= 15 is 0 Å². The van der Waals surface area contributed by atoms with Gasteiger partial charge in [-0.25, -0.2) is 0 Å². The van der Waals surface area contributed by atoms with Gasteiger partial charge in [0.2, 0.25) is 0 Å². The van der Waals surface area contributed by atoms with E-state index in [2.05, 4.69) is 15.9 Å². The average Bonchev–Trinajstić information content (AvgIpc) is 2.73. The number of hydrogen-bond acceptors (Lipinski definition) is 3. The Kier molecular flexibility index (Phi) is 4.29. The first-order valence-electron chi connectivity index (χ1n) is 5.68. The van der Waals surface area contributed by atoms with E-state index in [0.29, 0.717) is 6.54 Å². The summed E-state index contributed by atoms with van der Waals surface area (Å²) in [6, 6.07) is 5.74. The summed E-state index contributed by atoms with van der Waals surface area (Å²) in [6.07, 6.45) is -4.42. The van der Waals surface area contributed by atoms with Crippen LogP contribution in [0.15, 0.2) is 33.4 Å². The maximum Gasteiger partial charge on any atom is 0.418 e. The van der Waals surface area contributed by atoms with Crippen LogP contribution in [0.5, 0.6) is 0 Å². The SMILES string of the molecule is CN(Cc1csc(Br)c1)c1ccc(N)cc1C(F)(F)F. The van der Waals surface area contributed by atoms with Crippen LogP contribution in [0.2, 0.25) is 0 Å². The summed E-state index contributed by atoms with van der Waals surface area (Å²) in [5, 5.41) is 1.91. The first-order chi connectivity index (χ1) is 9.27. The van der Waals surface area contributed by atoms with Crippen LogP contribution in [0.3, 0.4) is 0 Å². The van der Waals surface area contributed by atoms with Crippen molar-refractivity contribution in [2.45, 2.75) is 12.7 Å². The minimum Gasteiger partial charge on any atom is -0.399 e. The zero-order chi connectivity index (χ0) is 14.9. The van der Waals surface area contributed by atoms with Gasteiger partial charge in [-0.15, -0.1) is 11.3 Å². The lowest BCUT2D eigenvalue weighted by Gasteiger charge is -2.23. The van der Waals surface area contributed by atoms with Crippen LogP contribution in [-0.4, -0.2) is 7.05 Å². The molecule has 0 unspecified atom stereocenters. The Balaban J connectivity index is 2.32. The Bertz CT molecular complexity index is 610. The van der Waals surface area contributed by atoms with Gasteiger partial charge in [0.15, 0.2) is 0 Å². The molecular weight excluding hydrogens is 353 g/mol. The number of nitrogens with two attached hydrogens (primary N) is 1. The van der Waals surface area contributed by atoms with E-state index in [1.54, 1.807) is 11.9 Å². The van der Waals surface area contributed by atoms with Crippen molar-refractivity contribution >= 4 is 38.6 Å². The van der Waals surface area contributed by atoms with Gasteiger partial charge in [-0.1, -0.05) is 0 Å². The molecule has 108 valence electrons. The molecule has 0 fully saturated rings. The normalized spacial score (nSPS) is 11.7. The summed E-state index contributed by atoms with van der Waals surface area (Å²) in [5.74, 6) is 0. The molecule has 0 amide bonds. The van der Waals surface area contributed by atoms with Crippen LogP contribution >= 0.6 is 27.3 Å². The lowest BCUT2D eigenvalue weighted by Crippen LogP contribution is -2.20. The topological polar surface area (TPSA) is 29.3 Å². The maximum atomic E-state index is 13.0. The van der Waals surface area contributed by atoms with Crippen molar-refractivity contribution in [1.29, 1.82) is 0 Å². The van der Waals surface area contributed by atoms with Crippen molar-refractivity contribution in [3.05, 3.63) is 44.6 Å². The summed E-state index contributed by atoms with van der Waals surface area (Å²) in [4.78, 5) is 1.57. The molecule has 0 spiro atoms. The van der Waals surface area contributed by atoms with E-state index < -0.39 is 11.7 Å². The smallest absolute Gasteiger partial charge is 0.399 e. The van der Waals surface area contributed by atoms with Crippen molar-refractivity contribution < 1.29 is 13.2 Å². The number of anilines is 2. The first-order valence-corrected chi connectivity index (χ1v) is 7.35. The van der Waals surface area contributed by atoms with Gasteiger partial charge in [0.05, 0.1) is 9.35 Å². The molecule has 0 aliphatic heterocycles. The lowest BCUT2D eigenvalue weighted by atomic mass is 10.1. The average molecular weight is 365 g/mol. The van der Waals surface area contributed by atoms with E-state index in [9.17, 15) is 13.2 Å². The van der Waals surface area contributed by atoms with Crippen molar-refractivity contribution in [3.63, 3.8) is 0 Å². The van der Waals surface area contributed by atoms with Gasteiger partial charge in [0, 0.05) is 25.0 Å². The molecule has 1 heterocycles. The third-order valence-electron chi connectivity index (χ3n) is 2.78. The van der Waals surface area contributed by atoms with E-state index in [0.717, 1.165) is 15.4 Å². The molecule has 0 bridgehead atoms. The highest BCUT2D eigenvalue weighted by atomic mass is 79.9. The van der Waals surface area contributed by atoms with Crippen LogP contribution in [0.25, 0.3) is 0 Å². The molecule has 0 aliphatic carbocycles. The number of thiophene rings is 1. The highest BCUT2D eigenvalue weighted by molar-refractivity contribution is 9.11. The van der Waals surface area contributed by atoms with Crippen LogP contribution in [-0.2, 0) is 12.7 Å². The molecule has 2 aromatic rings. The van der Waals surface area contributed by atoms with Gasteiger partial charge in [-0.3, -0.25) is 0 Å². The molecule has 1 aromatic heterocycles. The van der Waals surface area contributed by atoms with Crippen LogP contribution in [0, 0.1) is 0 Å². The van der Waals surface area contributed by atoms with Crippen molar-refractivity contribution in [1.82, 2.24) is 0 Å². The van der Waals surface area contributed by atoms with Crippen LogP contribution in [0.4, 0.5) is 24.5 Å². The van der Waals surface area contributed by atoms with E-state index in [1.165, 1.54) is 23.5 Å². The molecule has 0 aliphatic rings. The summed E-state index contributed by atoms with van der Waals surface area (Å²) in [6.45, 7) is 0.398. The number of rotatable bonds is 3. The minimum absolute atomic E-state index is 0.104. The Morgan fingerprint density at radius 2 is 2.00 bits per heavy atom. The third kappa shape index (κ3) is 3.46. The summed E-state index contributed by atoms with van der Waals surface area (Å²) < 4.78 is 40.1. The molecule has 0 atom stereocenters. The third-order valence-corrected chi connectivity index (χ3v) is 4.33. The van der Waals surface area contributed by atoms with Crippen LogP contribution < -0.4 is 10.6 Å². The second-order valence-electron chi connectivity index (χ2n) is 4.39. The number of nitrogen functional groups attached to an aromatic ring is 1. The largest absolute Gasteiger partial charge is 0.418 e. The molecule has 0 radical (unpaired) electrons. The molecule has 2 N–H and O–H groups in total. The van der Waals surface area contributed by atoms with E-state index in [-0.39, 0.29) is 11.4 Å². The maximum absolute atomic E-state index is 13.0. The minimum atomic E-state index is -4.42. The fraction of sp³-hybridized carbons (Fsp3) is 0.231. The van der Waals surface area contributed by atoms with E-state index in [1.807, 2.05) is 11.4 Å². The summed E-state index contributed by atoms with van der Waals surface area (Å²) in [7, 11) is 1.63. The zero-order valence-corrected chi connectivity index (χ0v) is 12.9. The Morgan fingerprint density at radius 1 is 1.30 bits per heavy atom. The summed E-state index contributed by atoms with van der Waals surface area (Å²) >= 11 is 4.84. The fourth-order valence-electron chi connectivity index (χ4n) is 1.90. The fourth-order valence-corrected chi connectivity index (χ4v) is 3.10. The van der Waals surface area contributed by atoms with Gasteiger partial charge >= 0.3 is 6.18 Å². The predicted molar refractivity (Wildman–Crippen MR) is 80.0 cm³/mol. The van der Waals surface area contributed by atoms with Crippen molar-refractivity contribution in [3.8, 4) is 0 Å². The molecule has 2 nitrogen and oxygen atoms in total. The lowest BCUT2D eigenvalue weighted by molar-refractivity contribution is -0.137. The van der Waals surface area contributed by atoms with Gasteiger partial charge in [0.25, 0.3) is 0 Å². The Labute approximate surface area is 127 Å². The van der Waals surface area contributed by atoms with Gasteiger partial charge < -0.3 is 10.6 Å². The molecule has 7 heteroatoms. The molecule has 20 heavy (non-hydrogen) atoms. The quantitative estimate of drug-likeness (QED) is 0.796. The summed E-state index contributed by atoms with van der Waals surface area (Å²) in [5.41, 5.74) is 5.92. The molecular formula is C13H12BrF3N2S. The zero-order valence-electron chi connectivity index (χ0n) is 10.5. The first kappa shape index (κ1) is 15.2. The number of benzene rings is 1. The molecule has 2 rings (SSSR count). The van der Waals surface area contributed by atoms with Gasteiger partial charge in [-0.05, 0) is 51.1 Å². The second kappa shape index (κ2) is 5.65. The van der Waals surface area contributed by atoms with Gasteiger partial charge in [-0.2, -0.15) is 13.2 Å². The van der Waals surface area contributed by atoms with Gasteiger partial charge in [0.1, 0.15) is 0 Å². The number of halogens is 4. The monoisotopic (exact) mass is 364 g/mol. The van der Waals surface area contributed by atoms with Crippen LogP contribution in [0.1, 0.15) is 11.1 Å². The second-order valence-corrected chi connectivity index (χ2v) is 6.68. The van der Waals surface area contributed by atoms with Crippen molar-refractivity contribution in [2.75, 3.05) is 17.7 Å². The Morgan fingerprint density at radius 3 is 2.55 bits per heavy atom. The molecule has 0 saturated heterocycles. The number of nitrogens with zero attached hydrogens (tertiary/aromatic N) is 1. The highest BCUT2D eigenvalue weighted by Gasteiger charge is 2.34. The number of hydrogen-bond donors (Lipinski definition) is 1. The standard InChI is InChI=1S/C13H12BrF3N2S/c1-19(6-8-4-12(14)20-7-8)11-3-2-9(18)5-10(11)13(15,16)17/h2-5,7H,6,18H2,1H3. The highest BCUT2D eigenvalue weighted by Crippen LogP contribution is 2.38.